The number of nitrogens with two attached hydrogens (primary N) is 1. The van der Waals surface area contributed by atoms with Gasteiger partial charge in [0.25, 0.3) is 0 Å². The number of benzene rings is 1. The molecule has 1 aromatic carbocycles. The maximum atomic E-state index is 12.9. The number of nitrogens with zero attached hydrogens (tertiary/aromatic N) is 1. The molecule has 0 bridgehead atoms. The highest BCUT2D eigenvalue weighted by Crippen LogP contribution is 2.22. The van der Waals surface area contributed by atoms with Crippen LogP contribution < -0.4 is 5.73 Å². The molecule has 2 atom stereocenters. The second-order valence-electron chi connectivity index (χ2n) is 4.93. The van der Waals surface area contributed by atoms with E-state index in [1.807, 2.05) is 6.92 Å². The lowest BCUT2D eigenvalue weighted by molar-refractivity contribution is -0.139. The second-order valence-corrected chi connectivity index (χ2v) is 4.93. The van der Waals surface area contributed by atoms with E-state index in [1.54, 1.807) is 17.0 Å². The Labute approximate surface area is 112 Å². The first-order valence-electron chi connectivity index (χ1n) is 6.46. The zero-order valence-corrected chi connectivity index (χ0v) is 11.0. The Kier molecular flexibility index (Phi) is 4.50. The minimum absolute atomic E-state index is 0.0467. The van der Waals surface area contributed by atoms with Gasteiger partial charge in [-0.05, 0) is 24.6 Å². The summed E-state index contributed by atoms with van der Waals surface area (Å²) < 4.78 is 18.5. The zero-order chi connectivity index (χ0) is 13.8. The number of rotatable bonds is 3. The number of amides is 1. The topological polar surface area (TPSA) is 55.6 Å². The molecule has 5 heteroatoms. The minimum atomic E-state index is -0.274. The molecule has 2 unspecified atom stereocenters. The van der Waals surface area contributed by atoms with Crippen molar-refractivity contribution < 1.29 is 13.9 Å². The molecule has 0 aromatic heterocycles. The minimum Gasteiger partial charge on any atom is -0.370 e. The van der Waals surface area contributed by atoms with Crippen LogP contribution in [0.25, 0.3) is 0 Å². The average molecular weight is 266 g/mol. The van der Waals surface area contributed by atoms with Crippen molar-refractivity contribution in [2.75, 3.05) is 19.7 Å². The summed E-state index contributed by atoms with van der Waals surface area (Å²) >= 11 is 0. The third-order valence-electron chi connectivity index (χ3n) is 3.16. The first-order chi connectivity index (χ1) is 9.06. The van der Waals surface area contributed by atoms with Crippen molar-refractivity contribution in [3.8, 4) is 0 Å². The predicted molar refractivity (Wildman–Crippen MR) is 69.9 cm³/mol. The Bertz CT molecular complexity index is 434. The van der Waals surface area contributed by atoms with Gasteiger partial charge in [0.15, 0.2) is 0 Å². The van der Waals surface area contributed by atoms with E-state index in [1.165, 1.54) is 12.1 Å². The lowest BCUT2D eigenvalue weighted by Crippen LogP contribution is -2.43. The molecule has 0 radical (unpaired) electrons. The van der Waals surface area contributed by atoms with Gasteiger partial charge in [0, 0.05) is 19.0 Å². The van der Waals surface area contributed by atoms with E-state index in [0.29, 0.717) is 26.1 Å². The van der Waals surface area contributed by atoms with Crippen molar-refractivity contribution in [1.29, 1.82) is 0 Å². The first kappa shape index (κ1) is 14.0. The van der Waals surface area contributed by atoms with Crippen LogP contribution in [0.5, 0.6) is 0 Å². The maximum absolute atomic E-state index is 12.9. The standard InChI is InChI=1S/C14H19FN2O2/c1-10(16)8-14(18)17-6-7-19-13(9-17)11-2-4-12(15)5-3-11/h2-5,10,13H,6-9,16H2,1H3. The molecular formula is C14H19FN2O2. The van der Waals surface area contributed by atoms with Gasteiger partial charge in [-0.1, -0.05) is 12.1 Å². The molecule has 2 rings (SSSR count). The number of carbonyl (C=O) groups is 1. The van der Waals surface area contributed by atoms with E-state index in [-0.39, 0.29) is 23.9 Å². The highest BCUT2D eigenvalue weighted by molar-refractivity contribution is 5.76. The molecule has 1 aliphatic heterocycles. The van der Waals surface area contributed by atoms with Crippen molar-refractivity contribution in [2.45, 2.75) is 25.5 Å². The molecule has 104 valence electrons. The van der Waals surface area contributed by atoms with Crippen molar-refractivity contribution in [2.24, 2.45) is 5.73 Å². The molecule has 1 amide bonds. The molecule has 1 aromatic rings. The van der Waals surface area contributed by atoms with Gasteiger partial charge in [-0.2, -0.15) is 0 Å². The number of hydrogen-bond acceptors (Lipinski definition) is 3. The quantitative estimate of drug-likeness (QED) is 0.901. The van der Waals surface area contributed by atoms with Gasteiger partial charge >= 0.3 is 0 Å². The molecule has 2 N–H and O–H groups in total. The summed E-state index contributed by atoms with van der Waals surface area (Å²) in [7, 11) is 0. The largest absolute Gasteiger partial charge is 0.370 e. The van der Waals surface area contributed by atoms with E-state index in [2.05, 4.69) is 0 Å². The highest BCUT2D eigenvalue weighted by Gasteiger charge is 2.25. The summed E-state index contributed by atoms with van der Waals surface area (Å²) in [6, 6.07) is 6.06. The number of morpholine rings is 1. The van der Waals surface area contributed by atoms with Crippen LogP contribution in [0.4, 0.5) is 4.39 Å². The number of carbonyl (C=O) groups excluding carboxylic acids is 1. The van der Waals surface area contributed by atoms with Crippen LogP contribution in [-0.2, 0) is 9.53 Å². The Morgan fingerprint density at radius 3 is 2.84 bits per heavy atom. The smallest absolute Gasteiger partial charge is 0.224 e. The van der Waals surface area contributed by atoms with Crippen LogP contribution in [0.15, 0.2) is 24.3 Å². The predicted octanol–water partition coefficient (Wildman–Crippen LogP) is 1.46. The van der Waals surface area contributed by atoms with Gasteiger partial charge in [-0.3, -0.25) is 4.79 Å². The van der Waals surface area contributed by atoms with E-state index >= 15 is 0 Å². The Balaban J connectivity index is 2.00. The number of ether oxygens (including phenoxy) is 1. The molecule has 1 heterocycles. The maximum Gasteiger partial charge on any atom is 0.224 e. The Hall–Kier alpha value is -1.46. The zero-order valence-electron chi connectivity index (χ0n) is 11.0. The van der Waals surface area contributed by atoms with E-state index in [0.717, 1.165) is 5.56 Å². The second kappa shape index (κ2) is 6.12. The van der Waals surface area contributed by atoms with Gasteiger partial charge in [-0.15, -0.1) is 0 Å². The van der Waals surface area contributed by atoms with Gasteiger partial charge in [0.1, 0.15) is 11.9 Å². The fourth-order valence-corrected chi connectivity index (χ4v) is 2.16. The summed E-state index contributed by atoms with van der Waals surface area (Å²) in [5.74, 6) is -0.227. The molecule has 1 saturated heterocycles. The summed E-state index contributed by atoms with van der Waals surface area (Å²) in [5, 5.41) is 0. The van der Waals surface area contributed by atoms with E-state index < -0.39 is 0 Å². The molecule has 1 fully saturated rings. The Morgan fingerprint density at radius 2 is 2.21 bits per heavy atom. The fraction of sp³-hybridized carbons (Fsp3) is 0.500. The molecule has 0 saturated carbocycles. The average Bonchev–Trinajstić information content (AvgIpc) is 2.39. The molecule has 0 aliphatic carbocycles. The third kappa shape index (κ3) is 3.75. The lowest BCUT2D eigenvalue weighted by atomic mass is 10.1. The lowest BCUT2D eigenvalue weighted by Gasteiger charge is -2.33. The molecule has 19 heavy (non-hydrogen) atoms. The third-order valence-corrected chi connectivity index (χ3v) is 3.16. The fourth-order valence-electron chi connectivity index (χ4n) is 2.16. The molecule has 1 aliphatic rings. The summed E-state index contributed by atoms with van der Waals surface area (Å²) in [6.45, 7) is 3.39. The van der Waals surface area contributed by atoms with Gasteiger partial charge in [0.05, 0.1) is 13.2 Å². The Morgan fingerprint density at radius 1 is 1.53 bits per heavy atom. The van der Waals surface area contributed by atoms with Crippen molar-refractivity contribution in [3.05, 3.63) is 35.6 Å². The number of halogens is 1. The number of hydrogen-bond donors (Lipinski definition) is 1. The van der Waals surface area contributed by atoms with Crippen LogP contribution in [0.2, 0.25) is 0 Å². The van der Waals surface area contributed by atoms with Crippen LogP contribution in [0.3, 0.4) is 0 Å². The van der Waals surface area contributed by atoms with Gasteiger partial charge < -0.3 is 15.4 Å². The normalized spacial score (nSPS) is 21.2. The summed E-state index contributed by atoms with van der Waals surface area (Å²) in [5.41, 5.74) is 6.53. The van der Waals surface area contributed by atoms with Gasteiger partial charge in [0.2, 0.25) is 5.91 Å². The highest BCUT2D eigenvalue weighted by atomic mass is 19.1. The van der Waals surface area contributed by atoms with Crippen LogP contribution in [0, 0.1) is 5.82 Å². The van der Waals surface area contributed by atoms with Crippen molar-refractivity contribution in [1.82, 2.24) is 4.90 Å². The molecule has 4 nitrogen and oxygen atoms in total. The molecular weight excluding hydrogens is 247 g/mol. The first-order valence-corrected chi connectivity index (χ1v) is 6.46. The van der Waals surface area contributed by atoms with E-state index in [4.69, 9.17) is 10.5 Å². The summed E-state index contributed by atoms with van der Waals surface area (Å²) in [6.07, 6.45) is 0.155. The molecule has 0 spiro atoms. The van der Waals surface area contributed by atoms with Crippen molar-refractivity contribution >= 4 is 5.91 Å². The van der Waals surface area contributed by atoms with Crippen LogP contribution in [0.1, 0.15) is 25.0 Å². The monoisotopic (exact) mass is 266 g/mol. The van der Waals surface area contributed by atoms with Crippen molar-refractivity contribution in [3.63, 3.8) is 0 Å². The summed E-state index contributed by atoms with van der Waals surface area (Å²) in [4.78, 5) is 13.7. The van der Waals surface area contributed by atoms with Crippen LogP contribution in [-0.4, -0.2) is 36.5 Å². The van der Waals surface area contributed by atoms with E-state index in [9.17, 15) is 9.18 Å². The van der Waals surface area contributed by atoms with Gasteiger partial charge in [-0.25, -0.2) is 4.39 Å². The SMILES string of the molecule is CC(N)CC(=O)N1CCOC(c2ccc(F)cc2)C1. The van der Waals surface area contributed by atoms with Crippen LogP contribution >= 0.6 is 0 Å².